The lowest BCUT2D eigenvalue weighted by Gasteiger charge is -2.16. The predicted octanol–water partition coefficient (Wildman–Crippen LogP) is 0.701. The largest absolute Gasteiger partial charge is 0.324 e. The average Bonchev–Trinajstić information content (AvgIpc) is 3.20. The Morgan fingerprint density at radius 2 is 2.04 bits per heavy atom. The molecule has 1 aliphatic rings. The van der Waals surface area contributed by atoms with Gasteiger partial charge in [-0.15, -0.1) is 0 Å². The number of carbonyl (C=O) groups excluding carboxylic acids is 1. The molecule has 2 aromatic rings. The lowest BCUT2D eigenvalue weighted by Crippen LogP contribution is -2.28. The lowest BCUT2D eigenvalue weighted by atomic mass is 10.3. The van der Waals surface area contributed by atoms with E-state index in [-0.39, 0.29) is 17.3 Å². The molecule has 0 spiro atoms. The number of nitrogens with zero attached hydrogens (tertiary/aromatic N) is 4. The van der Waals surface area contributed by atoms with Crippen LogP contribution in [0.15, 0.2) is 41.8 Å². The van der Waals surface area contributed by atoms with Gasteiger partial charge in [-0.3, -0.25) is 4.79 Å². The van der Waals surface area contributed by atoms with Crippen LogP contribution in [0, 0.1) is 0 Å². The minimum atomic E-state index is -3.49. The number of benzene rings is 1. The molecule has 0 aliphatic carbocycles. The molecule has 3 rings (SSSR count). The molecule has 1 amide bonds. The Morgan fingerprint density at radius 1 is 1.26 bits per heavy atom. The van der Waals surface area contributed by atoms with Crippen molar-refractivity contribution in [1.29, 1.82) is 0 Å². The number of rotatable bonds is 5. The molecule has 122 valence electrons. The molecular weight excluding hydrogens is 318 g/mol. The summed E-state index contributed by atoms with van der Waals surface area (Å²) in [5.74, 6) is -0.300. The van der Waals surface area contributed by atoms with Crippen molar-refractivity contribution in [3.05, 3.63) is 36.9 Å². The molecule has 9 heteroatoms. The Bertz CT molecular complexity index is 783. The van der Waals surface area contributed by atoms with Gasteiger partial charge in [-0.25, -0.2) is 18.1 Å². The molecule has 1 aliphatic heterocycles. The van der Waals surface area contributed by atoms with Crippen molar-refractivity contribution in [2.45, 2.75) is 24.3 Å². The fraction of sp³-hybridized carbons (Fsp3) is 0.357. The summed E-state index contributed by atoms with van der Waals surface area (Å²) in [4.78, 5) is 15.9. The molecule has 1 saturated heterocycles. The summed E-state index contributed by atoms with van der Waals surface area (Å²) >= 11 is 0. The number of anilines is 1. The highest BCUT2D eigenvalue weighted by Crippen LogP contribution is 2.23. The van der Waals surface area contributed by atoms with Gasteiger partial charge >= 0.3 is 0 Å². The van der Waals surface area contributed by atoms with Crippen LogP contribution in [0.3, 0.4) is 0 Å². The fourth-order valence-electron chi connectivity index (χ4n) is 2.47. The van der Waals surface area contributed by atoms with E-state index in [0.717, 1.165) is 12.8 Å². The smallest absolute Gasteiger partial charge is 0.246 e. The zero-order valence-corrected chi connectivity index (χ0v) is 13.2. The zero-order chi connectivity index (χ0) is 16.3. The maximum atomic E-state index is 12.5. The van der Waals surface area contributed by atoms with E-state index in [2.05, 4.69) is 15.4 Å². The minimum Gasteiger partial charge on any atom is -0.324 e. The van der Waals surface area contributed by atoms with E-state index in [1.54, 1.807) is 18.2 Å². The van der Waals surface area contributed by atoms with Gasteiger partial charge in [0.05, 0.1) is 4.90 Å². The monoisotopic (exact) mass is 335 g/mol. The summed E-state index contributed by atoms with van der Waals surface area (Å²) in [5, 5.41) is 6.52. The van der Waals surface area contributed by atoms with Crippen LogP contribution in [0.4, 0.5) is 5.69 Å². The van der Waals surface area contributed by atoms with Crippen LogP contribution in [0.5, 0.6) is 0 Å². The molecular formula is C14H17N5O3S. The third kappa shape index (κ3) is 3.57. The Labute approximate surface area is 134 Å². The second-order valence-corrected chi connectivity index (χ2v) is 7.22. The van der Waals surface area contributed by atoms with Gasteiger partial charge in [0.1, 0.15) is 19.2 Å². The first-order valence-electron chi connectivity index (χ1n) is 7.28. The standard InChI is InChI=1S/C14H17N5O3S/c20-14(9-18-11-15-10-16-18)17-12-4-3-5-13(8-12)23(21,22)19-6-1-2-7-19/h3-5,8,10-11H,1-2,6-7,9H2,(H,17,20). The van der Waals surface area contributed by atoms with Crippen molar-refractivity contribution in [3.63, 3.8) is 0 Å². The summed E-state index contributed by atoms with van der Waals surface area (Å²) in [6.45, 7) is 1.11. The van der Waals surface area contributed by atoms with Crippen molar-refractivity contribution < 1.29 is 13.2 Å². The van der Waals surface area contributed by atoms with Crippen LogP contribution in [-0.2, 0) is 21.4 Å². The third-order valence-corrected chi connectivity index (χ3v) is 5.49. The number of hydrogen-bond acceptors (Lipinski definition) is 5. The summed E-state index contributed by atoms with van der Waals surface area (Å²) < 4.78 is 27.9. The highest BCUT2D eigenvalue weighted by atomic mass is 32.2. The van der Waals surface area contributed by atoms with Crippen molar-refractivity contribution in [1.82, 2.24) is 19.1 Å². The van der Waals surface area contributed by atoms with Crippen LogP contribution in [-0.4, -0.2) is 46.5 Å². The van der Waals surface area contributed by atoms with Crippen LogP contribution in [0.1, 0.15) is 12.8 Å². The SMILES string of the molecule is O=C(Cn1cncn1)Nc1cccc(S(=O)(=O)N2CCCC2)c1. The number of hydrogen-bond donors (Lipinski definition) is 1. The van der Waals surface area contributed by atoms with Gasteiger partial charge in [-0.2, -0.15) is 9.40 Å². The molecule has 0 atom stereocenters. The molecule has 1 aromatic carbocycles. The number of amides is 1. The highest BCUT2D eigenvalue weighted by Gasteiger charge is 2.27. The number of carbonyl (C=O) groups is 1. The van der Waals surface area contributed by atoms with E-state index in [1.807, 2.05) is 0 Å². The number of aromatic nitrogens is 3. The summed E-state index contributed by atoms with van der Waals surface area (Å²) in [6, 6.07) is 6.30. The second-order valence-electron chi connectivity index (χ2n) is 5.28. The molecule has 8 nitrogen and oxygen atoms in total. The van der Waals surface area contributed by atoms with Crippen LogP contribution < -0.4 is 5.32 Å². The molecule has 0 unspecified atom stereocenters. The predicted molar refractivity (Wildman–Crippen MR) is 83.1 cm³/mol. The molecule has 1 N–H and O–H groups in total. The van der Waals surface area contributed by atoms with Crippen molar-refractivity contribution >= 4 is 21.6 Å². The molecule has 0 radical (unpaired) electrons. The first-order valence-corrected chi connectivity index (χ1v) is 8.72. The minimum absolute atomic E-state index is 0.0170. The van der Waals surface area contributed by atoms with E-state index in [9.17, 15) is 13.2 Å². The van der Waals surface area contributed by atoms with Gasteiger partial charge in [0.25, 0.3) is 0 Å². The molecule has 1 fully saturated rings. The quantitative estimate of drug-likeness (QED) is 0.867. The lowest BCUT2D eigenvalue weighted by molar-refractivity contribution is -0.116. The van der Waals surface area contributed by atoms with E-state index >= 15 is 0 Å². The van der Waals surface area contributed by atoms with Crippen LogP contribution in [0.2, 0.25) is 0 Å². The van der Waals surface area contributed by atoms with Gasteiger partial charge in [-0.1, -0.05) is 6.07 Å². The maximum absolute atomic E-state index is 12.5. The van der Waals surface area contributed by atoms with Crippen LogP contribution in [0.25, 0.3) is 0 Å². The first-order chi connectivity index (χ1) is 11.1. The molecule has 23 heavy (non-hydrogen) atoms. The van der Waals surface area contributed by atoms with Gasteiger partial charge in [0.15, 0.2) is 0 Å². The Hall–Kier alpha value is -2.26. The van der Waals surface area contributed by atoms with Crippen LogP contribution >= 0.6 is 0 Å². The van der Waals surface area contributed by atoms with E-state index in [4.69, 9.17) is 0 Å². The molecule has 0 saturated carbocycles. The summed E-state index contributed by atoms with van der Waals surface area (Å²) in [7, 11) is -3.49. The second kappa shape index (κ2) is 6.47. The molecule has 0 bridgehead atoms. The number of nitrogens with one attached hydrogen (secondary N) is 1. The van der Waals surface area contributed by atoms with E-state index < -0.39 is 10.0 Å². The van der Waals surface area contributed by atoms with Crippen molar-refractivity contribution in [2.24, 2.45) is 0 Å². The zero-order valence-electron chi connectivity index (χ0n) is 12.4. The fourth-order valence-corrected chi connectivity index (χ4v) is 4.04. The molecule has 2 heterocycles. The average molecular weight is 335 g/mol. The van der Waals surface area contributed by atoms with E-state index in [1.165, 1.54) is 27.7 Å². The Kier molecular flexibility index (Phi) is 4.39. The van der Waals surface area contributed by atoms with Gasteiger partial charge in [0, 0.05) is 18.8 Å². The van der Waals surface area contributed by atoms with Crippen molar-refractivity contribution in [3.8, 4) is 0 Å². The topological polar surface area (TPSA) is 97.2 Å². The number of sulfonamides is 1. The normalized spacial score (nSPS) is 15.7. The summed E-state index contributed by atoms with van der Waals surface area (Å²) in [6.07, 6.45) is 4.55. The van der Waals surface area contributed by atoms with Gasteiger partial charge in [-0.05, 0) is 31.0 Å². The maximum Gasteiger partial charge on any atom is 0.246 e. The summed E-state index contributed by atoms with van der Waals surface area (Å²) in [5.41, 5.74) is 0.440. The van der Waals surface area contributed by atoms with Crippen molar-refractivity contribution in [2.75, 3.05) is 18.4 Å². The Balaban J connectivity index is 1.73. The third-order valence-electron chi connectivity index (χ3n) is 3.59. The van der Waals surface area contributed by atoms with E-state index in [0.29, 0.717) is 18.8 Å². The first kappa shape index (κ1) is 15.6. The highest BCUT2D eigenvalue weighted by molar-refractivity contribution is 7.89. The molecule has 1 aromatic heterocycles. The van der Waals surface area contributed by atoms with Gasteiger partial charge < -0.3 is 5.32 Å². The Morgan fingerprint density at radius 3 is 2.74 bits per heavy atom. The van der Waals surface area contributed by atoms with Gasteiger partial charge in [0.2, 0.25) is 15.9 Å².